The third-order valence-corrected chi connectivity index (χ3v) is 4.79. The molecule has 3 N–H and O–H groups in total. The minimum atomic E-state index is -4.79. The molecule has 1 unspecified atom stereocenters. The van der Waals surface area contributed by atoms with Crippen molar-refractivity contribution in [2.45, 2.75) is 50.9 Å². The third-order valence-electron chi connectivity index (χ3n) is 4.79. The lowest BCUT2D eigenvalue weighted by Gasteiger charge is -2.34. The van der Waals surface area contributed by atoms with Crippen LogP contribution in [0.25, 0.3) is 0 Å². The summed E-state index contributed by atoms with van der Waals surface area (Å²) < 4.78 is 53.3. The molecule has 2 fully saturated rings. The molecular weight excluding hydrogens is 490 g/mol. The number of hydrogen-bond donors (Lipinski definition) is 2. The van der Waals surface area contributed by atoms with Crippen molar-refractivity contribution in [3.05, 3.63) is 24.3 Å². The van der Waals surface area contributed by atoms with Crippen molar-refractivity contribution < 1.29 is 27.4 Å². The van der Waals surface area contributed by atoms with E-state index in [4.69, 9.17) is 15.2 Å². The second-order valence-electron chi connectivity index (χ2n) is 7.04. The summed E-state index contributed by atoms with van der Waals surface area (Å²) in [6.07, 6.45) is -1.15. The van der Waals surface area contributed by atoms with Gasteiger partial charge in [-0.3, -0.25) is 4.99 Å². The maximum atomic E-state index is 12.5. The molecule has 158 valence electrons. The Morgan fingerprint density at radius 2 is 2.00 bits per heavy atom. The molecule has 28 heavy (non-hydrogen) atoms. The largest absolute Gasteiger partial charge is 0.573 e. The molecule has 1 saturated carbocycles. The van der Waals surface area contributed by atoms with E-state index in [2.05, 4.69) is 22.0 Å². The Kier molecular flexibility index (Phi) is 7.80. The Morgan fingerprint density at radius 1 is 1.32 bits per heavy atom. The van der Waals surface area contributed by atoms with E-state index in [1.165, 1.54) is 18.2 Å². The number of aliphatic imine (C=N–C) groups is 1. The molecular formula is C18H25F3IN3O3. The number of para-hydroxylation sites is 2. The topological polar surface area (TPSA) is 78.1 Å². The van der Waals surface area contributed by atoms with E-state index in [0.29, 0.717) is 12.5 Å². The van der Waals surface area contributed by atoms with Gasteiger partial charge in [-0.15, -0.1) is 37.1 Å². The zero-order valence-electron chi connectivity index (χ0n) is 15.5. The Bertz CT molecular complexity index is 680. The summed E-state index contributed by atoms with van der Waals surface area (Å²) in [5.74, 6) is -0.227. The highest BCUT2D eigenvalue weighted by atomic mass is 127. The van der Waals surface area contributed by atoms with Gasteiger partial charge < -0.3 is 25.3 Å². The van der Waals surface area contributed by atoms with Gasteiger partial charge in [0.05, 0.1) is 18.8 Å². The number of anilines is 1. The SMILES string of the molecule is CC1CCC2(CC1)OCC(CN=C(N)Nc1ccccc1OC(F)(F)F)O2.I. The fourth-order valence-electron chi connectivity index (χ4n) is 3.33. The molecule has 10 heteroatoms. The van der Waals surface area contributed by atoms with E-state index < -0.39 is 12.1 Å². The van der Waals surface area contributed by atoms with Crippen LogP contribution >= 0.6 is 24.0 Å². The van der Waals surface area contributed by atoms with Crippen LogP contribution in [-0.4, -0.2) is 37.4 Å². The van der Waals surface area contributed by atoms with E-state index in [1.807, 2.05) is 0 Å². The number of nitrogens with two attached hydrogens (primary N) is 1. The van der Waals surface area contributed by atoms with Crippen LogP contribution in [0.15, 0.2) is 29.3 Å². The molecule has 1 saturated heterocycles. The molecule has 1 aliphatic carbocycles. The number of guanidine groups is 1. The first-order valence-corrected chi connectivity index (χ1v) is 8.98. The molecule has 1 aromatic rings. The lowest BCUT2D eigenvalue weighted by molar-refractivity contribution is -0.274. The smallest absolute Gasteiger partial charge is 0.404 e. The van der Waals surface area contributed by atoms with E-state index in [0.717, 1.165) is 25.7 Å². The van der Waals surface area contributed by atoms with Crippen molar-refractivity contribution in [2.75, 3.05) is 18.5 Å². The average Bonchev–Trinajstić information content (AvgIpc) is 3.00. The van der Waals surface area contributed by atoms with Crippen molar-refractivity contribution in [3.63, 3.8) is 0 Å². The molecule has 0 aromatic heterocycles. The highest BCUT2D eigenvalue weighted by Crippen LogP contribution is 2.39. The van der Waals surface area contributed by atoms with Crippen LogP contribution < -0.4 is 15.8 Å². The Balaban J connectivity index is 0.00000280. The van der Waals surface area contributed by atoms with Crippen molar-refractivity contribution in [3.8, 4) is 5.75 Å². The fourth-order valence-corrected chi connectivity index (χ4v) is 3.33. The number of hydrogen-bond acceptors (Lipinski definition) is 4. The Morgan fingerprint density at radius 3 is 2.68 bits per heavy atom. The van der Waals surface area contributed by atoms with Gasteiger partial charge in [0.1, 0.15) is 6.10 Å². The first kappa shape index (κ1) is 23.0. The van der Waals surface area contributed by atoms with Gasteiger partial charge in [0.15, 0.2) is 17.5 Å². The summed E-state index contributed by atoms with van der Waals surface area (Å²) >= 11 is 0. The molecule has 1 aromatic carbocycles. The van der Waals surface area contributed by atoms with Crippen molar-refractivity contribution in [1.29, 1.82) is 0 Å². The van der Waals surface area contributed by atoms with Gasteiger partial charge in [-0.1, -0.05) is 19.1 Å². The van der Waals surface area contributed by atoms with Gasteiger partial charge in [0.25, 0.3) is 0 Å². The average molecular weight is 515 g/mol. The number of halogens is 4. The van der Waals surface area contributed by atoms with E-state index in [9.17, 15) is 13.2 Å². The van der Waals surface area contributed by atoms with Crippen LogP contribution in [0.2, 0.25) is 0 Å². The molecule has 1 atom stereocenters. The molecule has 1 aliphatic heterocycles. The van der Waals surface area contributed by atoms with Crippen molar-refractivity contribution in [1.82, 2.24) is 0 Å². The molecule has 3 rings (SSSR count). The molecule has 0 amide bonds. The first-order valence-electron chi connectivity index (χ1n) is 8.98. The fraction of sp³-hybridized carbons (Fsp3) is 0.611. The summed E-state index contributed by atoms with van der Waals surface area (Å²) in [7, 11) is 0. The maximum Gasteiger partial charge on any atom is 0.573 e. The molecule has 1 spiro atoms. The number of ether oxygens (including phenoxy) is 3. The Labute approximate surface area is 179 Å². The van der Waals surface area contributed by atoms with Gasteiger partial charge >= 0.3 is 6.36 Å². The maximum absolute atomic E-state index is 12.5. The molecule has 1 heterocycles. The van der Waals surface area contributed by atoms with Gasteiger partial charge in [-0.25, -0.2) is 0 Å². The second-order valence-corrected chi connectivity index (χ2v) is 7.04. The number of rotatable bonds is 4. The summed E-state index contributed by atoms with van der Waals surface area (Å²) in [4.78, 5) is 4.17. The van der Waals surface area contributed by atoms with Crippen LogP contribution in [-0.2, 0) is 9.47 Å². The van der Waals surface area contributed by atoms with Crippen LogP contribution in [0.5, 0.6) is 5.75 Å². The summed E-state index contributed by atoms with van der Waals surface area (Å²) in [6, 6.07) is 5.63. The zero-order valence-corrected chi connectivity index (χ0v) is 17.8. The van der Waals surface area contributed by atoms with Crippen LogP contribution in [0.1, 0.15) is 32.6 Å². The first-order chi connectivity index (χ1) is 12.7. The number of alkyl halides is 3. The monoisotopic (exact) mass is 515 g/mol. The minimum absolute atomic E-state index is 0. The van der Waals surface area contributed by atoms with E-state index in [-0.39, 0.29) is 54.0 Å². The normalized spacial score (nSPS) is 28.1. The van der Waals surface area contributed by atoms with Gasteiger partial charge in [-0.05, 0) is 30.9 Å². The summed E-state index contributed by atoms with van der Waals surface area (Å²) in [5, 5.41) is 2.64. The summed E-state index contributed by atoms with van der Waals surface area (Å²) in [5.41, 5.74) is 5.89. The molecule has 6 nitrogen and oxygen atoms in total. The second kappa shape index (κ2) is 9.49. The standard InChI is InChI=1S/C18H24F3N3O3.HI/c1-12-6-8-17(9-7-12)25-11-13(26-17)10-23-16(22)24-14-4-2-3-5-15(14)27-18(19,20)21;/h2-5,12-13H,6-11H2,1H3,(H3,22,23,24);1H. The van der Waals surface area contributed by atoms with Gasteiger partial charge in [0, 0.05) is 12.8 Å². The van der Waals surface area contributed by atoms with Gasteiger partial charge in [-0.2, -0.15) is 0 Å². The predicted octanol–water partition coefficient (Wildman–Crippen LogP) is 4.25. The molecule has 0 radical (unpaired) electrons. The number of benzene rings is 1. The minimum Gasteiger partial charge on any atom is -0.404 e. The quantitative estimate of drug-likeness (QED) is 0.356. The van der Waals surface area contributed by atoms with Crippen LogP contribution in [0.3, 0.4) is 0 Å². The number of nitrogens with zero attached hydrogens (tertiary/aromatic N) is 1. The number of nitrogens with one attached hydrogen (secondary N) is 1. The van der Waals surface area contributed by atoms with Gasteiger partial charge in [0.2, 0.25) is 0 Å². The Hall–Kier alpha value is -1.27. The third kappa shape index (κ3) is 6.38. The van der Waals surface area contributed by atoms with E-state index >= 15 is 0 Å². The zero-order chi connectivity index (χ0) is 19.5. The lowest BCUT2D eigenvalue weighted by atomic mass is 9.86. The summed E-state index contributed by atoms with van der Waals surface area (Å²) in [6.45, 7) is 2.91. The van der Waals surface area contributed by atoms with Crippen LogP contribution in [0, 0.1) is 5.92 Å². The van der Waals surface area contributed by atoms with Crippen molar-refractivity contribution in [2.24, 2.45) is 16.6 Å². The van der Waals surface area contributed by atoms with E-state index in [1.54, 1.807) is 6.07 Å². The molecule has 2 aliphatic rings. The van der Waals surface area contributed by atoms with Crippen molar-refractivity contribution >= 4 is 35.6 Å². The lowest BCUT2D eigenvalue weighted by Crippen LogP contribution is -2.35. The highest BCUT2D eigenvalue weighted by molar-refractivity contribution is 14.0. The highest BCUT2D eigenvalue weighted by Gasteiger charge is 2.43. The predicted molar refractivity (Wildman–Crippen MR) is 110 cm³/mol. The van der Waals surface area contributed by atoms with Crippen LogP contribution in [0.4, 0.5) is 18.9 Å². The molecule has 0 bridgehead atoms.